The van der Waals surface area contributed by atoms with Crippen LogP contribution in [0.2, 0.25) is 0 Å². The van der Waals surface area contributed by atoms with E-state index < -0.39 is 0 Å². The van der Waals surface area contributed by atoms with Gasteiger partial charge in [-0.1, -0.05) is 38.3 Å². The van der Waals surface area contributed by atoms with Gasteiger partial charge in [-0.15, -0.1) is 0 Å². The molecule has 1 fully saturated rings. The van der Waals surface area contributed by atoms with Crippen molar-refractivity contribution < 1.29 is 4.79 Å². The van der Waals surface area contributed by atoms with Crippen molar-refractivity contribution in [1.29, 1.82) is 0 Å². The van der Waals surface area contributed by atoms with Gasteiger partial charge in [-0.25, -0.2) is 0 Å². The summed E-state index contributed by atoms with van der Waals surface area (Å²) in [7, 11) is 0. The van der Waals surface area contributed by atoms with E-state index >= 15 is 0 Å². The molecule has 21 heavy (non-hydrogen) atoms. The van der Waals surface area contributed by atoms with E-state index in [-0.39, 0.29) is 5.91 Å². The molecular weight excluding hydrogens is 260 g/mol. The van der Waals surface area contributed by atoms with Crippen LogP contribution in [0.15, 0.2) is 24.3 Å². The molecule has 3 heteroatoms. The Kier molecular flexibility index (Phi) is 6.24. The Bertz CT molecular complexity index is 433. The van der Waals surface area contributed by atoms with Gasteiger partial charge in [0.2, 0.25) is 5.91 Å². The highest BCUT2D eigenvalue weighted by molar-refractivity contribution is 5.88. The largest absolute Gasteiger partial charge is 0.326 e. The van der Waals surface area contributed by atoms with Crippen LogP contribution in [0.4, 0.5) is 5.69 Å². The van der Waals surface area contributed by atoms with E-state index in [4.69, 9.17) is 0 Å². The predicted octanol–water partition coefficient (Wildman–Crippen LogP) is 3.95. The summed E-state index contributed by atoms with van der Waals surface area (Å²) >= 11 is 0. The number of carbonyl (C=O) groups is 1. The molecule has 0 aromatic heterocycles. The van der Waals surface area contributed by atoms with E-state index in [1.165, 1.54) is 44.6 Å². The Balaban J connectivity index is 1.68. The second kappa shape index (κ2) is 8.18. The lowest BCUT2D eigenvalue weighted by Crippen LogP contribution is -2.26. The maximum absolute atomic E-state index is 11.0. The van der Waals surface area contributed by atoms with Gasteiger partial charge in [0.25, 0.3) is 0 Å². The zero-order chi connectivity index (χ0) is 15.1. The van der Waals surface area contributed by atoms with E-state index in [1.54, 1.807) is 0 Å². The molecule has 0 radical (unpaired) electrons. The molecule has 0 heterocycles. The Labute approximate surface area is 128 Å². The van der Waals surface area contributed by atoms with Crippen LogP contribution in [0.3, 0.4) is 0 Å². The molecule has 0 saturated heterocycles. The van der Waals surface area contributed by atoms with Gasteiger partial charge in [-0.05, 0) is 48.9 Å². The van der Waals surface area contributed by atoms with Gasteiger partial charge in [0.1, 0.15) is 0 Å². The number of rotatable bonds is 6. The van der Waals surface area contributed by atoms with Crippen molar-refractivity contribution in [3.63, 3.8) is 0 Å². The summed E-state index contributed by atoms with van der Waals surface area (Å²) in [6.07, 6.45) is 6.93. The summed E-state index contributed by atoms with van der Waals surface area (Å²) in [6.45, 7) is 5.88. The minimum absolute atomic E-state index is 0.0245. The third-order valence-corrected chi connectivity index (χ3v) is 4.58. The topological polar surface area (TPSA) is 41.1 Å². The average molecular weight is 288 g/mol. The zero-order valence-electron chi connectivity index (χ0n) is 13.3. The summed E-state index contributed by atoms with van der Waals surface area (Å²) in [5, 5.41) is 6.37. The van der Waals surface area contributed by atoms with Crippen molar-refractivity contribution in [1.82, 2.24) is 5.32 Å². The number of benzene rings is 1. The first-order valence-corrected chi connectivity index (χ1v) is 8.24. The number of hydrogen-bond acceptors (Lipinski definition) is 2. The molecule has 1 aliphatic rings. The predicted molar refractivity (Wildman–Crippen MR) is 88.2 cm³/mol. The number of amides is 1. The fourth-order valence-corrected chi connectivity index (χ4v) is 3.17. The highest BCUT2D eigenvalue weighted by Crippen LogP contribution is 2.30. The Morgan fingerprint density at radius 1 is 1.10 bits per heavy atom. The molecule has 116 valence electrons. The molecule has 1 saturated carbocycles. The fraction of sp³-hybridized carbons (Fsp3) is 0.611. The zero-order valence-corrected chi connectivity index (χ0v) is 13.3. The third kappa shape index (κ3) is 5.50. The van der Waals surface area contributed by atoms with Crippen LogP contribution in [-0.4, -0.2) is 12.5 Å². The summed E-state index contributed by atoms with van der Waals surface area (Å²) in [5.74, 6) is 1.80. The average Bonchev–Trinajstić information content (AvgIpc) is 2.49. The number of hydrogen-bond donors (Lipinski definition) is 2. The van der Waals surface area contributed by atoms with Crippen molar-refractivity contribution in [2.24, 2.45) is 11.8 Å². The molecule has 0 atom stereocenters. The quantitative estimate of drug-likeness (QED) is 0.832. The van der Waals surface area contributed by atoms with Gasteiger partial charge < -0.3 is 10.6 Å². The lowest BCUT2D eigenvalue weighted by Gasteiger charge is -2.27. The van der Waals surface area contributed by atoms with E-state index in [2.05, 4.69) is 29.7 Å². The second-order valence-electron chi connectivity index (χ2n) is 6.30. The molecule has 1 aromatic carbocycles. The lowest BCUT2D eigenvalue weighted by molar-refractivity contribution is -0.114. The first-order valence-electron chi connectivity index (χ1n) is 8.24. The SMILES string of the molecule is CCC1CCC(CNCc2ccc(NC(C)=O)cc2)CC1. The number of nitrogens with one attached hydrogen (secondary N) is 2. The van der Waals surface area contributed by atoms with Gasteiger partial charge in [-0.3, -0.25) is 4.79 Å². The molecule has 3 nitrogen and oxygen atoms in total. The van der Waals surface area contributed by atoms with E-state index in [9.17, 15) is 4.79 Å². The fourth-order valence-electron chi connectivity index (χ4n) is 3.17. The summed E-state index contributed by atoms with van der Waals surface area (Å²) in [4.78, 5) is 11.0. The van der Waals surface area contributed by atoms with Crippen LogP contribution in [-0.2, 0) is 11.3 Å². The molecule has 0 unspecified atom stereocenters. The molecule has 1 aliphatic carbocycles. The van der Waals surface area contributed by atoms with Gasteiger partial charge in [0.05, 0.1) is 0 Å². The second-order valence-corrected chi connectivity index (χ2v) is 6.30. The minimum Gasteiger partial charge on any atom is -0.326 e. The van der Waals surface area contributed by atoms with E-state index in [0.717, 1.165) is 30.6 Å². The van der Waals surface area contributed by atoms with Crippen LogP contribution in [0.25, 0.3) is 0 Å². The van der Waals surface area contributed by atoms with Crippen LogP contribution in [0.5, 0.6) is 0 Å². The van der Waals surface area contributed by atoms with Gasteiger partial charge >= 0.3 is 0 Å². The van der Waals surface area contributed by atoms with Crippen molar-refractivity contribution in [3.05, 3.63) is 29.8 Å². The van der Waals surface area contributed by atoms with Crippen LogP contribution >= 0.6 is 0 Å². The Morgan fingerprint density at radius 2 is 1.71 bits per heavy atom. The molecule has 0 aliphatic heterocycles. The minimum atomic E-state index is -0.0245. The smallest absolute Gasteiger partial charge is 0.221 e. The van der Waals surface area contributed by atoms with Crippen molar-refractivity contribution in [2.45, 2.75) is 52.5 Å². The maximum atomic E-state index is 11.0. The summed E-state index contributed by atoms with van der Waals surface area (Å²) in [6, 6.07) is 8.08. The first kappa shape index (κ1) is 16.0. The lowest BCUT2D eigenvalue weighted by atomic mass is 9.81. The molecule has 1 amide bonds. The van der Waals surface area contributed by atoms with Crippen LogP contribution < -0.4 is 10.6 Å². The van der Waals surface area contributed by atoms with Crippen molar-refractivity contribution in [3.8, 4) is 0 Å². The highest BCUT2D eigenvalue weighted by Gasteiger charge is 2.19. The Hall–Kier alpha value is -1.35. The normalized spacial score (nSPS) is 22.0. The van der Waals surface area contributed by atoms with Gasteiger partial charge in [0, 0.05) is 19.2 Å². The molecule has 2 N–H and O–H groups in total. The summed E-state index contributed by atoms with van der Waals surface area (Å²) in [5.41, 5.74) is 2.13. The Morgan fingerprint density at radius 3 is 2.29 bits per heavy atom. The molecule has 0 spiro atoms. The monoisotopic (exact) mass is 288 g/mol. The number of carbonyl (C=O) groups excluding carboxylic acids is 1. The molecule has 2 rings (SSSR count). The third-order valence-electron chi connectivity index (χ3n) is 4.58. The molecule has 0 bridgehead atoms. The van der Waals surface area contributed by atoms with Gasteiger partial charge in [-0.2, -0.15) is 0 Å². The maximum Gasteiger partial charge on any atom is 0.221 e. The molecular formula is C18H28N2O. The summed E-state index contributed by atoms with van der Waals surface area (Å²) < 4.78 is 0. The van der Waals surface area contributed by atoms with Crippen LogP contribution in [0.1, 0.15) is 51.5 Å². The van der Waals surface area contributed by atoms with E-state index in [1.807, 2.05) is 12.1 Å². The van der Waals surface area contributed by atoms with Crippen molar-refractivity contribution in [2.75, 3.05) is 11.9 Å². The van der Waals surface area contributed by atoms with Gasteiger partial charge in [0.15, 0.2) is 0 Å². The van der Waals surface area contributed by atoms with Crippen molar-refractivity contribution >= 4 is 11.6 Å². The first-order chi connectivity index (χ1) is 10.2. The highest BCUT2D eigenvalue weighted by atomic mass is 16.1. The molecule has 1 aromatic rings. The van der Waals surface area contributed by atoms with Crippen LogP contribution in [0, 0.1) is 11.8 Å². The van der Waals surface area contributed by atoms with E-state index in [0.29, 0.717) is 0 Å². The standard InChI is InChI=1S/C18H28N2O/c1-3-15-4-6-16(7-5-15)12-19-13-17-8-10-18(11-9-17)20-14(2)21/h8-11,15-16,19H,3-7,12-13H2,1-2H3,(H,20,21). The number of anilines is 1.